The van der Waals surface area contributed by atoms with Crippen molar-refractivity contribution in [3.63, 3.8) is 0 Å². The molecule has 21 heavy (non-hydrogen) atoms. The highest BCUT2D eigenvalue weighted by molar-refractivity contribution is 7.10. The summed E-state index contributed by atoms with van der Waals surface area (Å²) in [7, 11) is 0. The van der Waals surface area contributed by atoms with E-state index >= 15 is 0 Å². The van der Waals surface area contributed by atoms with Crippen LogP contribution in [0.15, 0.2) is 27.2 Å². The molecule has 108 valence electrons. The number of aromatic nitrogens is 2. The third-order valence-electron chi connectivity index (χ3n) is 2.48. The first kappa shape index (κ1) is 14.8. The van der Waals surface area contributed by atoms with Gasteiger partial charge in [0, 0.05) is 22.0 Å². The first-order chi connectivity index (χ1) is 10.1. The number of hydrogen-bond acceptors (Lipinski definition) is 5. The highest BCUT2D eigenvalue weighted by Gasteiger charge is 2.10. The average molecular weight is 304 g/mol. The predicted octanol–water partition coefficient (Wildman–Crippen LogP) is -0.635. The van der Waals surface area contributed by atoms with Gasteiger partial charge in [-0.3, -0.25) is 14.6 Å². The number of carbonyl (C=O) groups excluding carboxylic acids is 1. The maximum absolute atomic E-state index is 11.8. The van der Waals surface area contributed by atoms with Gasteiger partial charge in [0.2, 0.25) is 0 Å². The zero-order valence-electron chi connectivity index (χ0n) is 10.9. The summed E-state index contributed by atoms with van der Waals surface area (Å²) in [6, 6.07) is 1.84. The normalized spacial score (nSPS) is 9.76. The molecule has 0 radical (unpaired) electrons. The second-order valence-electron chi connectivity index (χ2n) is 3.98. The highest BCUT2D eigenvalue weighted by Crippen LogP contribution is 2.13. The Morgan fingerprint density at radius 1 is 1.43 bits per heavy atom. The van der Waals surface area contributed by atoms with Crippen molar-refractivity contribution < 1.29 is 4.79 Å². The Balaban J connectivity index is 2.02. The SMILES string of the molecule is NCC#Cc1csc(CNC(=O)c2c[nH]c(=O)[nH]c2=O)c1. The molecule has 8 heteroatoms. The summed E-state index contributed by atoms with van der Waals surface area (Å²) in [4.78, 5) is 39.3. The predicted molar refractivity (Wildman–Crippen MR) is 79.1 cm³/mol. The third kappa shape index (κ3) is 3.92. The molecule has 2 aromatic heterocycles. The molecular formula is C13H12N4O3S. The maximum Gasteiger partial charge on any atom is 0.325 e. The number of hydrogen-bond donors (Lipinski definition) is 4. The van der Waals surface area contributed by atoms with Gasteiger partial charge in [-0.15, -0.1) is 11.3 Å². The Hall–Kier alpha value is -2.63. The molecule has 0 aliphatic heterocycles. The summed E-state index contributed by atoms with van der Waals surface area (Å²) in [6.07, 6.45) is 1.09. The topological polar surface area (TPSA) is 121 Å². The zero-order chi connectivity index (χ0) is 15.2. The lowest BCUT2D eigenvalue weighted by Gasteiger charge is -2.01. The van der Waals surface area contributed by atoms with Crippen LogP contribution in [0.5, 0.6) is 0 Å². The van der Waals surface area contributed by atoms with E-state index in [2.05, 4.69) is 22.1 Å². The van der Waals surface area contributed by atoms with Gasteiger partial charge in [0.15, 0.2) is 0 Å². The molecule has 0 saturated heterocycles. The van der Waals surface area contributed by atoms with Crippen LogP contribution in [-0.4, -0.2) is 22.4 Å². The minimum absolute atomic E-state index is 0.144. The standard InChI is InChI=1S/C13H12N4O3S/c14-3-1-2-8-4-9(21-7-8)5-15-11(18)10-6-16-13(20)17-12(10)19/h4,6-7H,3,5,14H2,(H,15,18)(H2,16,17,19,20). The molecule has 1 amide bonds. The van der Waals surface area contributed by atoms with Gasteiger partial charge in [0.25, 0.3) is 11.5 Å². The van der Waals surface area contributed by atoms with E-state index in [1.165, 1.54) is 11.3 Å². The first-order valence-electron chi connectivity index (χ1n) is 5.96. The van der Waals surface area contributed by atoms with Crippen molar-refractivity contribution in [3.8, 4) is 11.8 Å². The number of amides is 1. The minimum Gasteiger partial charge on any atom is -0.347 e. The van der Waals surface area contributed by atoms with Crippen LogP contribution in [0.25, 0.3) is 0 Å². The zero-order valence-corrected chi connectivity index (χ0v) is 11.7. The number of nitrogens with two attached hydrogens (primary N) is 1. The van der Waals surface area contributed by atoms with Gasteiger partial charge in [0.05, 0.1) is 13.1 Å². The summed E-state index contributed by atoms with van der Waals surface area (Å²) >= 11 is 1.44. The summed E-state index contributed by atoms with van der Waals surface area (Å²) in [5.41, 5.74) is 4.59. The molecule has 0 spiro atoms. The molecule has 0 fully saturated rings. The van der Waals surface area contributed by atoms with Crippen LogP contribution in [0.2, 0.25) is 0 Å². The van der Waals surface area contributed by atoms with Gasteiger partial charge < -0.3 is 16.0 Å². The average Bonchev–Trinajstić information content (AvgIpc) is 2.90. The molecular weight excluding hydrogens is 292 g/mol. The Morgan fingerprint density at radius 2 is 2.24 bits per heavy atom. The molecule has 0 bridgehead atoms. The molecule has 0 aliphatic carbocycles. The maximum atomic E-state index is 11.8. The van der Waals surface area contributed by atoms with Crippen LogP contribution in [0.1, 0.15) is 20.8 Å². The molecule has 0 unspecified atom stereocenters. The third-order valence-corrected chi connectivity index (χ3v) is 3.41. The van der Waals surface area contributed by atoms with Crippen molar-refractivity contribution in [1.82, 2.24) is 15.3 Å². The Bertz CT molecular complexity index is 822. The lowest BCUT2D eigenvalue weighted by molar-refractivity contribution is 0.0949. The van der Waals surface area contributed by atoms with Gasteiger partial charge in [0.1, 0.15) is 5.56 Å². The largest absolute Gasteiger partial charge is 0.347 e. The van der Waals surface area contributed by atoms with Crippen LogP contribution in [-0.2, 0) is 6.54 Å². The van der Waals surface area contributed by atoms with Crippen molar-refractivity contribution in [1.29, 1.82) is 0 Å². The van der Waals surface area contributed by atoms with Gasteiger partial charge in [-0.25, -0.2) is 4.79 Å². The van der Waals surface area contributed by atoms with Crippen molar-refractivity contribution >= 4 is 17.2 Å². The van der Waals surface area contributed by atoms with Crippen molar-refractivity contribution in [3.05, 3.63) is 54.5 Å². The van der Waals surface area contributed by atoms with E-state index in [1.54, 1.807) is 0 Å². The Morgan fingerprint density at radius 3 is 2.95 bits per heavy atom. The number of aromatic amines is 2. The lowest BCUT2D eigenvalue weighted by Crippen LogP contribution is -2.33. The van der Waals surface area contributed by atoms with E-state index in [-0.39, 0.29) is 18.7 Å². The van der Waals surface area contributed by atoms with Crippen LogP contribution >= 0.6 is 11.3 Å². The number of rotatable bonds is 3. The summed E-state index contributed by atoms with van der Waals surface area (Å²) < 4.78 is 0. The molecule has 2 heterocycles. The fraction of sp³-hybridized carbons (Fsp3) is 0.154. The van der Waals surface area contributed by atoms with E-state index < -0.39 is 17.2 Å². The van der Waals surface area contributed by atoms with Gasteiger partial charge in [-0.05, 0) is 6.07 Å². The molecule has 5 N–H and O–H groups in total. The van der Waals surface area contributed by atoms with E-state index in [4.69, 9.17) is 5.73 Å². The van der Waals surface area contributed by atoms with Crippen molar-refractivity contribution in [2.75, 3.05) is 6.54 Å². The van der Waals surface area contributed by atoms with Gasteiger partial charge in [-0.2, -0.15) is 0 Å². The van der Waals surface area contributed by atoms with E-state index in [9.17, 15) is 14.4 Å². The molecule has 2 rings (SSSR count). The van der Waals surface area contributed by atoms with E-state index in [0.29, 0.717) is 0 Å². The van der Waals surface area contributed by atoms with Gasteiger partial charge in [-0.1, -0.05) is 11.8 Å². The fourth-order valence-corrected chi connectivity index (χ4v) is 2.29. The van der Waals surface area contributed by atoms with Crippen LogP contribution in [0.4, 0.5) is 0 Å². The quantitative estimate of drug-likeness (QED) is 0.564. The van der Waals surface area contributed by atoms with Gasteiger partial charge >= 0.3 is 5.69 Å². The molecule has 0 aliphatic rings. The molecule has 0 atom stereocenters. The van der Waals surface area contributed by atoms with Crippen molar-refractivity contribution in [2.24, 2.45) is 5.73 Å². The van der Waals surface area contributed by atoms with Crippen LogP contribution in [0, 0.1) is 11.8 Å². The fourth-order valence-electron chi connectivity index (χ4n) is 1.53. The smallest absolute Gasteiger partial charge is 0.325 e. The lowest BCUT2D eigenvalue weighted by atomic mass is 10.3. The van der Waals surface area contributed by atoms with E-state index in [0.717, 1.165) is 16.6 Å². The van der Waals surface area contributed by atoms with E-state index in [1.807, 2.05) is 16.4 Å². The van der Waals surface area contributed by atoms with Crippen LogP contribution < -0.4 is 22.3 Å². The summed E-state index contributed by atoms with van der Waals surface area (Å²) in [6.45, 7) is 0.559. The molecule has 2 aromatic rings. The second-order valence-corrected chi connectivity index (χ2v) is 4.97. The number of nitrogens with one attached hydrogen (secondary N) is 3. The number of H-pyrrole nitrogens is 2. The second kappa shape index (κ2) is 6.69. The summed E-state index contributed by atoms with van der Waals surface area (Å²) in [5.74, 6) is 5.07. The molecule has 0 saturated carbocycles. The number of thiophene rings is 1. The highest BCUT2D eigenvalue weighted by atomic mass is 32.1. The molecule has 7 nitrogen and oxygen atoms in total. The minimum atomic E-state index is -0.725. The number of carbonyl (C=O) groups is 1. The summed E-state index contributed by atoms with van der Waals surface area (Å²) in [5, 5.41) is 4.46. The monoisotopic (exact) mass is 304 g/mol. The molecule has 0 aromatic carbocycles. The van der Waals surface area contributed by atoms with Crippen LogP contribution in [0.3, 0.4) is 0 Å². The Labute approximate surface area is 123 Å². The first-order valence-corrected chi connectivity index (χ1v) is 6.84. The van der Waals surface area contributed by atoms with Crippen molar-refractivity contribution in [2.45, 2.75) is 6.54 Å². The Kier molecular flexibility index (Phi) is 4.71.